The first-order chi connectivity index (χ1) is 9.07. The molecule has 0 amide bonds. The summed E-state index contributed by atoms with van der Waals surface area (Å²) < 4.78 is 0. The van der Waals surface area contributed by atoms with Gasteiger partial charge in [-0.15, -0.1) is 11.8 Å². The van der Waals surface area contributed by atoms with E-state index in [0.717, 1.165) is 31.7 Å². The molecule has 0 saturated heterocycles. The van der Waals surface area contributed by atoms with Gasteiger partial charge in [0, 0.05) is 23.7 Å². The molecule has 19 heavy (non-hydrogen) atoms. The fraction of sp³-hybridized carbons (Fsp3) is 0.625. The summed E-state index contributed by atoms with van der Waals surface area (Å²) in [5, 5.41) is 10.4. The summed E-state index contributed by atoms with van der Waals surface area (Å²) in [6.07, 6.45) is 4.32. The van der Waals surface area contributed by atoms with Crippen LogP contribution in [0.4, 0.5) is 0 Å². The summed E-state index contributed by atoms with van der Waals surface area (Å²) in [6.45, 7) is 3.97. The molecule has 1 aromatic rings. The van der Waals surface area contributed by atoms with Crippen LogP contribution in [0.1, 0.15) is 31.2 Å². The molecule has 1 N–H and O–H groups in total. The van der Waals surface area contributed by atoms with Crippen molar-refractivity contribution in [2.75, 3.05) is 25.9 Å². The van der Waals surface area contributed by atoms with E-state index in [1.807, 2.05) is 11.8 Å². The van der Waals surface area contributed by atoms with E-state index in [2.05, 4.69) is 43.1 Å². The van der Waals surface area contributed by atoms with Crippen LogP contribution in [-0.2, 0) is 0 Å². The van der Waals surface area contributed by atoms with E-state index in [1.54, 1.807) is 0 Å². The average Bonchev–Trinajstić information content (AvgIpc) is 2.78. The van der Waals surface area contributed by atoms with Crippen molar-refractivity contribution < 1.29 is 5.11 Å². The zero-order valence-corrected chi connectivity index (χ0v) is 12.9. The second-order valence-corrected chi connectivity index (χ2v) is 7.00. The van der Waals surface area contributed by atoms with Crippen molar-refractivity contribution in [2.24, 2.45) is 0 Å². The van der Waals surface area contributed by atoms with Crippen LogP contribution in [0.3, 0.4) is 0 Å². The van der Waals surface area contributed by atoms with Gasteiger partial charge in [0.25, 0.3) is 0 Å². The number of aryl methyl sites for hydroxylation is 1. The lowest BCUT2D eigenvalue weighted by molar-refractivity contribution is 0.0180. The number of rotatable bonds is 6. The van der Waals surface area contributed by atoms with Gasteiger partial charge in [0.2, 0.25) is 0 Å². The Labute approximate surface area is 121 Å². The third-order valence-corrected chi connectivity index (χ3v) is 4.85. The van der Waals surface area contributed by atoms with Gasteiger partial charge in [-0.2, -0.15) is 0 Å². The molecule has 0 radical (unpaired) electrons. The SMILES string of the molecule is Cc1ccc(SCCN(C)CC2(O)CCCC2)cc1. The Morgan fingerprint density at radius 2 is 1.84 bits per heavy atom. The highest BCUT2D eigenvalue weighted by molar-refractivity contribution is 7.99. The van der Waals surface area contributed by atoms with Gasteiger partial charge in [-0.3, -0.25) is 0 Å². The number of hydrogen-bond donors (Lipinski definition) is 1. The molecule has 0 aliphatic heterocycles. The normalized spacial score (nSPS) is 18.1. The summed E-state index contributed by atoms with van der Waals surface area (Å²) in [5.41, 5.74) is 0.897. The van der Waals surface area contributed by atoms with Crippen LogP contribution in [0.5, 0.6) is 0 Å². The maximum atomic E-state index is 10.4. The second kappa shape index (κ2) is 6.78. The second-order valence-electron chi connectivity index (χ2n) is 5.83. The predicted octanol–water partition coefficient (Wildman–Crippen LogP) is 3.32. The van der Waals surface area contributed by atoms with Gasteiger partial charge in [-0.05, 0) is 38.9 Å². The molecule has 106 valence electrons. The molecule has 0 heterocycles. The Balaban J connectivity index is 1.69. The zero-order chi connectivity index (χ0) is 13.7. The minimum absolute atomic E-state index is 0.413. The van der Waals surface area contributed by atoms with Crippen molar-refractivity contribution >= 4 is 11.8 Å². The fourth-order valence-electron chi connectivity index (χ4n) is 2.73. The standard InChI is InChI=1S/C16H25NOS/c1-14-5-7-15(8-6-14)19-12-11-17(2)13-16(18)9-3-4-10-16/h5-8,18H,3-4,9-13H2,1-2H3. The van der Waals surface area contributed by atoms with E-state index >= 15 is 0 Å². The third-order valence-electron chi connectivity index (χ3n) is 3.86. The molecule has 1 aromatic carbocycles. The number of nitrogens with zero attached hydrogens (tertiary/aromatic N) is 1. The lowest BCUT2D eigenvalue weighted by Gasteiger charge is -2.28. The summed E-state index contributed by atoms with van der Waals surface area (Å²) in [4.78, 5) is 3.60. The molecule has 0 unspecified atom stereocenters. The molecular formula is C16H25NOS. The smallest absolute Gasteiger partial charge is 0.0774 e. The molecule has 1 aliphatic carbocycles. The Morgan fingerprint density at radius 3 is 2.47 bits per heavy atom. The molecule has 2 rings (SSSR count). The summed E-state index contributed by atoms with van der Waals surface area (Å²) in [7, 11) is 2.12. The van der Waals surface area contributed by atoms with E-state index < -0.39 is 5.60 Å². The Kier molecular flexibility index (Phi) is 5.31. The van der Waals surface area contributed by atoms with Gasteiger partial charge in [0.05, 0.1) is 5.60 Å². The predicted molar refractivity (Wildman–Crippen MR) is 82.8 cm³/mol. The topological polar surface area (TPSA) is 23.5 Å². The molecule has 1 saturated carbocycles. The molecule has 3 heteroatoms. The maximum Gasteiger partial charge on any atom is 0.0774 e. The van der Waals surface area contributed by atoms with Crippen LogP contribution in [0, 0.1) is 6.92 Å². The van der Waals surface area contributed by atoms with Crippen LogP contribution in [0.15, 0.2) is 29.2 Å². The highest BCUT2D eigenvalue weighted by atomic mass is 32.2. The van der Waals surface area contributed by atoms with Crippen molar-refractivity contribution in [1.82, 2.24) is 4.90 Å². The summed E-state index contributed by atoms with van der Waals surface area (Å²) in [6, 6.07) is 8.69. The first-order valence-corrected chi connectivity index (χ1v) is 8.16. The summed E-state index contributed by atoms with van der Waals surface area (Å²) >= 11 is 1.89. The molecule has 1 fully saturated rings. The van der Waals surface area contributed by atoms with Crippen molar-refractivity contribution in [3.63, 3.8) is 0 Å². The molecule has 0 aromatic heterocycles. The van der Waals surface area contributed by atoms with Crippen LogP contribution >= 0.6 is 11.8 Å². The van der Waals surface area contributed by atoms with Crippen molar-refractivity contribution in [1.29, 1.82) is 0 Å². The van der Waals surface area contributed by atoms with E-state index in [1.165, 1.54) is 23.3 Å². The Bertz CT molecular complexity index is 384. The van der Waals surface area contributed by atoms with Crippen molar-refractivity contribution in [3.8, 4) is 0 Å². The van der Waals surface area contributed by atoms with Gasteiger partial charge < -0.3 is 10.0 Å². The van der Waals surface area contributed by atoms with E-state index in [9.17, 15) is 5.11 Å². The largest absolute Gasteiger partial charge is 0.389 e. The maximum absolute atomic E-state index is 10.4. The van der Waals surface area contributed by atoms with Crippen LogP contribution < -0.4 is 0 Å². The van der Waals surface area contributed by atoms with E-state index in [0.29, 0.717) is 0 Å². The van der Waals surface area contributed by atoms with Crippen LogP contribution in [0.25, 0.3) is 0 Å². The van der Waals surface area contributed by atoms with Gasteiger partial charge in [0.15, 0.2) is 0 Å². The van der Waals surface area contributed by atoms with Gasteiger partial charge in [-0.25, -0.2) is 0 Å². The number of aliphatic hydroxyl groups is 1. The zero-order valence-electron chi connectivity index (χ0n) is 12.1. The monoisotopic (exact) mass is 279 g/mol. The Morgan fingerprint density at radius 1 is 1.21 bits per heavy atom. The first kappa shape index (κ1) is 14.9. The molecular weight excluding hydrogens is 254 g/mol. The lowest BCUT2D eigenvalue weighted by atomic mass is 10.0. The van der Waals surface area contributed by atoms with Crippen LogP contribution in [0.2, 0.25) is 0 Å². The fourth-order valence-corrected chi connectivity index (χ4v) is 3.69. The van der Waals surface area contributed by atoms with Crippen molar-refractivity contribution in [3.05, 3.63) is 29.8 Å². The van der Waals surface area contributed by atoms with E-state index in [-0.39, 0.29) is 0 Å². The van der Waals surface area contributed by atoms with Crippen molar-refractivity contribution in [2.45, 2.75) is 43.1 Å². The van der Waals surface area contributed by atoms with Gasteiger partial charge in [-0.1, -0.05) is 30.5 Å². The first-order valence-electron chi connectivity index (χ1n) is 7.18. The molecule has 0 spiro atoms. The quantitative estimate of drug-likeness (QED) is 0.808. The van der Waals surface area contributed by atoms with Crippen LogP contribution in [-0.4, -0.2) is 41.5 Å². The molecule has 0 bridgehead atoms. The Hall–Kier alpha value is -0.510. The van der Waals surface area contributed by atoms with E-state index in [4.69, 9.17) is 0 Å². The molecule has 1 aliphatic rings. The molecule has 2 nitrogen and oxygen atoms in total. The lowest BCUT2D eigenvalue weighted by Crippen LogP contribution is -2.39. The minimum atomic E-state index is -0.413. The molecule has 0 atom stereocenters. The van der Waals surface area contributed by atoms with Gasteiger partial charge >= 0.3 is 0 Å². The summed E-state index contributed by atoms with van der Waals surface area (Å²) in [5.74, 6) is 1.08. The number of likely N-dealkylation sites (N-methyl/N-ethyl adjacent to an activating group) is 1. The number of hydrogen-bond acceptors (Lipinski definition) is 3. The minimum Gasteiger partial charge on any atom is -0.389 e. The highest BCUT2D eigenvalue weighted by Gasteiger charge is 2.31. The average molecular weight is 279 g/mol. The van der Waals surface area contributed by atoms with Gasteiger partial charge in [0.1, 0.15) is 0 Å². The number of thioether (sulfide) groups is 1. The third kappa shape index (κ3) is 4.83. The highest BCUT2D eigenvalue weighted by Crippen LogP contribution is 2.30. The number of benzene rings is 1.